The average molecular weight is 885 g/mol. The molecule has 0 aromatic rings. The number of rotatable bonds is 50. The standard InChI is InChI=1S/C57H104O6/c1-4-7-10-13-16-19-22-25-28-31-34-37-40-43-46-49-53(59)56(62,52-58)57(63,54(60)50-47-44-41-38-35-32-29-26-23-20-17-14-11-8-5-2)55(61)51-48-45-42-39-36-33-30-27-24-21-18-15-12-9-6-3/h46-51,58,62-63H,4-45,52H2,1-3H3. The highest BCUT2D eigenvalue weighted by atomic mass is 16.4. The van der Waals surface area contributed by atoms with Crippen LogP contribution in [-0.2, 0) is 14.4 Å². The summed E-state index contributed by atoms with van der Waals surface area (Å²) in [7, 11) is 0. The lowest BCUT2D eigenvalue weighted by Gasteiger charge is -2.36. The fourth-order valence-corrected chi connectivity index (χ4v) is 8.69. The molecule has 0 aliphatic heterocycles. The minimum atomic E-state index is -3.14. The van der Waals surface area contributed by atoms with Crippen LogP contribution in [-0.4, -0.2) is 50.5 Å². The Morgan fingerprint density at radius 3 is 0.714 bits per heavy atom. The molecular formula is C57H104O6. The van der Waals surface area contributed by atoms with Crippen LogP contribution in [0, 0.1) is 0 Å². The molecule has 0 fully saturated rings. The van der Waals surface area contributed by atoms with Crippen LogP contribution in [0.15, 0.2) is 36.5 Å². The molecule has 0 bridgehead atoms. The zero-order valence-electron chi connectivity index (χ0n) is 41.9. The van der Waals surface area contributed by atoms with Gasteiger partial charge in [-0.3, -0.25) is 14.4 Å². The molecule has 0 saturated carbocycles. The van der Waals surface area contributed by atoms with Gasteiger partial charge in [0.1, 0.15) is 0 Å². The van der Waals surface area contributed by atoms with Crippen molar-refractivity contribution in [3.8, 4) is 0 Å². The predicted molar refractivity (Wildman–Crippen MR) is 270 cm³/mol. The Balaban J connectivity index is 5.08. The third-order valence-corrected chi connectivity index (χ3v) is 13.2. The molecule has 6 nitrogen and oxygen atoms in total. The largest absolute Gasteiger partial charge is 0.393 e. The summed E-state index contributed by atoms with van der Waals surface area (Å²) in [5, 5.41) is 33.8. The van der Waals surface area contributed by atoms with Gasteiger partial charge in [-0.15, -0.1) is 0 Å². The van der Waals surface area contributed by atoms with Gasteiger partial charge in [-0.05, 0) is 56.8 Å². The highest BCUT2D eigenvalue weighted by molar-refractivity contribution is 6.23. The normalized spacial score (nSPS) is 14.0. The number of aliphatic hydroxyl groups excluding tert-OH is 1. The quantitative estimate of drug-likeness (QED) is 0.0319. The van der Waals surface area contributed by atoms with Crippen molar-refractivity contribution in [2.75, 3.05) is 6.61 Å². The maximum atomic E-state index is 13.7. The lowest BCUT2D eigenvalue weighted by molar-refractivity contribution is -0.187. The monoisotopic (exact) mass is 885 g/mol. The summed E-state index contributed by atoms with van der Waals surface area (Å²) in [6.45, 7) is 5.49. The second-order valence-corrected chi connectivity index (χ2v) is 19.1. The first-order chi connectivity index (χ1) is 30.8. The molecule has 0 aliphatic rings. The Morgan fingerprint density at radius 2 is 0.508 bits per heavy atom. The number of carbonyl (C=O) groups is 3. The van der Waals surface area contributed by atoms with E-state index in [1.807, 2.05) is 0 Å². The number of hydrogen-bond donors (Lipinski definition) is 3. The number of unbranched alkanes of at least 4 members (excludes halogenated alkanes) is 39. The Kier molecular flexibility index (Phi) is 43.9. The molecule has 0 saturated heterocycles. The topological polar surface area (TPSA) is 112 Å². The van der Waals surface area contributed by atoms with Crippen LogP contribution in [0.25, 0.3) is 0 Å². The highest BCUT2D eigenvalue weighted by Crippen LogP contribution is 2.29. The van der Waals surface area contributed by atoms with Crippen LogP contribution in [0.1, 0.15) is 290 Å². The molecule has 0 spiro atoms. The smallest absolute Gasteiger partial charge is 0.228 e. The van der Waals surface area contributed by atoms with Gasteiger partial charge in [0, 0.05) is 0 Å². The van der Waals surface area contributed by atoms with Crippen LogP contribution in [0.4, 0.5) is 0 Å². The van der Waals surface area contributed by atoms with E-state index in [0.29, 0.717) is 19.3 Å². The van der Waals surface area contributed by atoms with Crippen LogP contribution in [0.2, 0.25) is 0 Å². The first-order valence-corrected chi connectivity index (χ1v) is 27.4. The Morgan fingerprint density at radius 1 is 0.317 bits per heavy atom. The second-order valence-electron chi connectivity index (χ2n) is 19.1. The van der Waals surface area contributed by atoms with Crippen LogP contribution in [0.3, 0.4) is 0 Å². The van der Waals surface area contributed by atoms with Crippen molar-refractivity contribution in [2.45, 2.75) is 302 Å². The van der Waals surface area contributed by atoms with Crippen molar-refractivity contribution in [1.29, 1.82) is 0 Å². The van der Waals surface area contributed by atoms with Crippen molar-refractivity contribution < 1.29 is 29.7 Å². The van der Waals surface area contributed by atoms with E-state index in [9.17, 15) is 29.7 Å². The van der Waals surface area contributed by atoms with Gasteiger partial charge in [0.25, 0.3) is 0 Å². The van der Waals surface area contributed by atoms with Gasteiger partial charge in [0.15, 0.2) is 23.0 Å². The minimum absolute atomic E-state index is 0.577. The Bertz CT molecular complexity index is 1090. The van der Waals surface area contributed by atoms with E-state index >= 15 is 0 Å². The van der Waals surface area contributed by atoms with Crippen LogP contribution < -0.4 is 0 Å². The third kappa shape index (κ3) is 32.4. The van der Waals surface area contributed by atoms with E-state index in [-0.39, 0.29) is 0 Å². The van der Waals surface area contributed by atoms with Crippen molar-refractivity contribution in [2.24, 2.45) is 0 Å². The molecule has 0 aliphatic carbocycles. The molecule has 0 amide bonds. The van der Waals surface area contributed by atoms with E-state index in [2.05, 4.69) is 20.8 Å². The lowest BCUT2D eigenvalue weighted by Crippen LogP contribution is -2.68. The predicted octanol–water partition coefficient (Wildman–Crippen LogP) is 16.3. The SMILES string of the molecule is CCCCCCCCCCCCCCCC=CC(=O)C(O)(CO)C(O)(C(=O)C=CCCCCCCCCCCCCCCC)C(=O)C=CCCCCCCCCCCCCCCC. The zero-order valence-corrected chi connectivity index (χ0v) is 41.9. The summed E-state index contributed by atoms with van der Waals surface area (Å²) in [5.74, 6) is -3.20. The van der Waals surface area contributed by atoms with Crippen molar-refractivity contribution in [1.82, 2.24) is 0 Å². The summed E-state index contributed by atoms with van der Waals surface area (Å²) in [5.41, 5.74) is -6.15. The molecule has 6 heteroatoms. The number of ketones is 3. The van der Waals surface area contributed by atoms with Gasteiger partial charge in [0.2, 0.25) is 5.60 Å². The molecule has 0 radical (unpaired) electrons. The van der Waals surface area contributed by atoms with Crippen molar-refractivity contribution in [3.05, 3.63) is 36.5 Å². The summed E-state index contributed by atoms with van der Waals surface area (Å²) in [4.78, 5) is 40.9. The molecule has 3 N–H and O–H groups in total. The molecule has 368 valence electrons. The maximum absolute atomic E-state index is 13.7. The fraction of sp³-hybridized carbons (Fsp3) is 0.842. The van der Waals surface area contributed by atoms with Gasteiger partial charge >= 0.3 is 0 Å². The minimum Gasteiger partial charge on any atom is -0.393 e. The maximum Gasteiger partial charge on any atom is 0.228 e. The third-order valence-electron chi connectivity index (χ3n) is 13.2. The summed E-state index contributed by atoms with van der Waals surface area (Å²) in [6.07, 6.45) is 58.2. The van der Waals surface area contributed by atoms with Crippen molar-refractivity contribution in [3.63, 3.8) is 0 Å². The van der Waals surface area contributed by atoms with E-state index in [1.165, 1.54) is 193 Å². The number of aliphatic hydroxyl groups is 3. The molecule has 63 heavy (non-hydrogen) atoms. The first-order valence-electron chi connectivity index (χ1n) is 27.4. The molecule has 0 rings (SSSR count). The van der Waals surface area contributed by atoms with Gasteiger partial charge in [-0.1, -0.05) is 270 Å². The van der Waals surface area contributed by atoms with Crippen LogP contribution >= 0.6 is 0 Å². The van der Waals surface area contributed by atoms with Gasteiger partial charge < -0.3 is 15.3 Å². The number of hydrogen-bond acceptors (Lipinski definition) is 6. The van der Waals surface area contributed by atoms with Crippen molar-refractivity contribution >= 4 is 17.3 Å². The van der Waals surface area contributed by atoms with E-state index in [1.54, 1.807) is 18.2 Å². The number of allylic oxidation sites excluding steroid dienone is 3. The lowest BCUT2D eigenvalue weighted by atomic mass is 9.73. The fourth-order valence-electron chi connectivity index (χ4n) is 8.69. The molecule has 0 aromatic carbocycles. The Hall–Kier alpha value is -1.89. The average Bonchev–Trinajstić information content (AvgIpc) is 3.29. The summed E-state index contributed by atoms with van der Waals surface area (Å²) >= 11 is 0. The van der Waals surface area contributed by atoms with E-state index in [4.69, 9.17) is 0 Å². The second kappa shape index (κ2) is 45.3. The molecule has 0 heterocycles. The molecular weight excluding hydrogens is 781 g/mol. The zero-order chi connectivity index (χ0) is 46.4. The first kappa shape index (κ1) is 61.1. The van der Waals surface area contributed by atoms with Gasteiger partial charge in [0.05, 0.1) is 6.61 Å². The van der Waals surface area contributed by atoms with Gasteiger partial charge in [-0.2, -0.15) is 0 Å². The Labute approximate surface area is 390 Å². The van der Waals surface area contributed by atoms with E-state index < -0.39 is 35.2 Å². The van der Waals surface area contributed by atoms with Gasteiger partial charge in [-0.25, -0.2) is 0 Å². The summed E-state index contributed by atoms with van der Waals surface area (Å²) in [6, 6.07) is 0. The molecule has 1 unspecified atom stereocenters. The highest BCUT2D eigenvalue weighted by Gasteiger charge is 2.61. The van der Waals surface area contributed by atoms with E-state index in [0.717, 1.165) is 76.0 Å². The number of carbonyl (C=O) groups excluding carboxylic acids is 3. The summed E-state index contributed by atoms with van der Waals surface area (Å²) < 4.78 is 0. The van der Waals surface area contributed by atoms with Crippen LogP contribution in [0.5, 0.6) is 0 Å². The molecule has 1 atom stereocenters. The molecule has 0 aromatic heterocycles.